The number of rotatable bonds is 8. The van der Waals surface area contributed by atoms with E-state index in [1.165, 1.54) is 4.90 Å². The number of likely N-dealkylation sites (N-methyl/N-ethyl adjacent to an activating group) is 1. The Hall–Kier alpha value is -2.61. The number of carbonyl (C=O) groups excluding carboxylic acids is 1. The van der Waals surface area contributed by atoms with Crippen LogP contribution in [0, 0.1) is 0 Å². The number of aromatic nitrogens is 3. The number of amides is 1. The monoisotopic (exact) mass is 405 g/mol. The molecule has 0 bridgehead atoms. The fourth-order valence-electron chi connectivity index (χ4n) is 2.58. The molecule has 152 valence electrons. The Balaban J connectivity index is 2.04. The molecule has 2 rings (SSSR count). The highest BCUT2D eigenvalue weighted by atomic mass is 35.5. The average Bonchev–Trinajstić information content (AvgIpc) is 3.13. The van der Waals surface area contributed by atoms with Crippen LogP contribution in [0.2, 0.25) is 5.02 Å². The highest BCUT2D eigenvalue weighted by Gasteiger charge is 2.12. The van der Waals surface area contributed by atoms with Crippen LogP contribution in [-0.4, -0.2) is 58.7 Å². The third-order valence-corrected chi connectivity index (χ3v) is 4.60. The van der Waals surface area contributed by atoms with Gasteiger partial charge >= 0.3 is 0 Å². The van der Waals surface area contributed by atoms with Crippen molar-refractivity contribution in [1.82, 2.24) is 30.3 Å². The first-order chi connectivity index (χ1) is 13.4. The van der Waals surface area contributed by atoms with E-state index in [0.717, 1.165) is 17.8 Å². The van der Waals surface area contributed by atoms with Crippen molar-refractivity contribution >= 4 is 23.5 Å². The highest BCUT2D eigenvalue weighted by molar-refractivity contribution is 6.31. The normalized spacial score (nSPS) is 12.5. The van der Waals surface area contributed by atoms with Crippen molar-refractivity contribution in [3.63, 3.8) is 0 Å². The summed E-state index contributed by atoms with van der Waals surface area (Å²) in [5, 5.41) is 15.3. The van der Waals surface area contributed by atoms with Crippen molar-refractivity contribution in [2.45, 2.75) is 32.9 Å². The predicted molar refractivity (Wildman–Crippen MR) is 111 cm³/mol. The van der Waals surface area contributed by atoms with Gasteiger partial charge in [0.15, 0.2) is 5.96 Å². The Morgan fingerprint density at radius 3 is 2.79 bits per heavy atom. The summed E-state index contributed by atoms with van der Waals surface area (Å²) in [6.45, 7) is 5.41. The summed E-state index contributed by atoms with van der Waals surface area (Å²) in [6.07, 6.45) is 2.53. The molecule has 8 nitrogen and oxygen atoms in total. The van der Waals surface area contributed by atoms with Crippen molar-refractivity contribution in [3.05, 3.63) is 47.0 Å². The third kappa shape index (κ3) is 6.23. The lowest BCUT2D eigenvalue weighted by Gasteiger charge is -2.20. The van der Waals surface area contributed by atoms with E-state index < -0.39 is 0 Å². The van der Waals surface area contributed by atoms with Crippen LogP contribution in [0.5, 0.6) is 0 Å². The predicted octanol–water partition coefficient (Wildman–Crippen LogP) is 1.88. The van der Waals surface area contributed by atoms with Crippen molar-refractivity contribution in [1.29, 1.82) is 0 Å². The van der Waals surface area contributed by atoms with E-state index in [1.807, 2.05) is 42.7 Å². The zero-order valence-electron chi connectivity index (χ0n) is 16.8. The van der Waals surface area contributed by atoms with Crippen LogP contribution < -0.4 is 10.6 Å². The lowest BCUT2D eigenvalue weighted by molar-refractivity contribution is -0.127. The van der Waals surface area contributed by atoms with Crippen LogP contribution in [0.4, 0.5) is 0 Å². The van der Waals surface area contributed by atoms with Gasteiger partial charge in [-0.1, -0.05) is 36.7 Å². The highest BCUT2D eigenvalue weighted by Crippen LogP contribution is 2.21. The number of halogens is 1. The molecule has 0 saturated carbocycles. The van der Waals surface area contributed by atoms with Crippen LogP contribution >= 0.6 is 11.6 Å². The molecule has 0 radical (unpaired) electrons. The van der Waals surface area contributed by atoms with Gasteiger partial charge in [-0.05, 0) is 18.6 Å². The molecular formula is C19H28ClN7O. The fraction of sp³-hybridized carbons (Fsp3) is 0.474. The van der Waals surface area contributed by atoms with Crippen LogP contribution in [-0.2, 0) is 17.8 Å². The second-order valence-electron chi connectivity index (χ2n) is 6.56. The number of hydrogen-bond donors (Lipinski definition) is 2. The molecule has 1 heterocycles. The summed E-state index contributed by atoms with van der Waals surface area (Å²) in [6, 6.07) is 7.58. The van der Waals surface area contributed by atoms with Gasteiger partial charge in [0.2, 0.25) is 5.91 Å². The van der Waals surface area contributed by atoms with Crippen LogP contribution in [0.25, 0.3) is 0 Å². The van der Waals surface area contributed by atoms with Gasteiger partial charge in [0.25, 0.3) is 0 Å². The maximum atomic E-state index is 11.9. The first kappa shape index (κ1) is 21.7. The molecule has 1 atom stereocenters. The van der Waals surface area contributed by atoms with Gasteiger partial charge in [-0.15, -0.1) is 10.2 Å². The lowest BCUT2D eigenvalue weighted by Crippen LogP contribution is -2.41. The molecule has 1 aromatic carbocycles. The number of carbonyl (C=O) groups is 1. The number of aryl methyl sites for hydroxylation is 1. The Kier molecular flexibility index (Phi) is 8.25. The molecule has 2 N–H and O–H groups in total. The van der Waals surface area contributed by atoms with Gasteiger partial charge in [0.1, 0.15) is 18.7 Å². The quantitative estimate of drug-likeness (QED) is 0.517. The molecule has 0 saturated heterocycles. The summed E-state index contributed by atoms with van der Waals surface area (Å²) in [5.74, 6) is 1.41. The maximum Gasteiger partial charge on any atom is 0.243 e. The SMILES string of the molecule is CCc1nncn1CCNC(=NCC(=O)N(C)C)NC(C)c1ccccc1Cl. The number of aliphatic imine (C=N–C) groups is 1. The molecule has 1 aromatic heterocycles. The molecule has 1 amide bonds. The molecule has 1 unspecified atom stereocenters. The largest absolute Gasteiger partial charge is 0.355 e. The van der Waals surface area contributed by atoms with E-state index in [2.05, 4.69) is 25.8 Å². The lowest BCUT2D eigenvalue weighted by atomic mass is 10.1. The van der Waals surface area contributed by atoms with Gasteiger partial charge in [0, 0.05) is 38.6 Å². The van der Waals surface area contributed by atoms with E-state index in [1.54, 1.807) is 20.4 Å². The standard InChI is InChI=1S/C19H28ClN7O/c1-5-17-25-23-13-27(17)11-10-21-19(22-12-18(28)26(3)4)24-14(2)15-8-6-7-9-16(15)20/h6-9,13-14H,5,10-12H2,1-4H3,(H2,21,22,24). The summed E-state index contributed by atoms with van der Waals surface area (Å²) in [7, 11) is 3.42. The number of nitrogens with zero attached hydrogens (tertiary/aromatic N) is 5. The topological polar surface area (TPSA) is 87.4 Å². The molecular weight excluding hydrogens is 378 g/mol. The molecule has 0 aliphatic rings. The number of guanidine groups is 1. The first-order valence-corrected chi connectivity index (χ1v) is 9.66. The Morgan fingerprint density at radius 1 is 1.36 bits per heavy atom. The van der Waals surface area contributed by atoms with Gasteiger partial charge in [0.05, 0.1) is 6.04 Å². The van der Waals surface area contributed by atoms with E-state index in [4.69, 9.17) is 11.6 Å². The maximum absolute atomic E-state index is 11.9. The van der Waals surface area contributed by atoms with Crippen LogP contribution in [0.1, 0.15) is 31.3 Å². The molecule has 2 aromatic rings. The van der Waals surface area contributed by atoms with Gasteiger partial charge in [-0.3, -0.25) is 4.79 Å². The summed E-state index contributed by atoms with van der Waals surface area (Å²) in [4.78, 5) is 17.9. The summed E-state index contributed by atoms with van der Waals surface area (Å²) < 4.78 is 1.99. The van der Waals surface area contributed by atoms with E-state index >= 15 is 0 Å². The van der Waals surface area contributed by atoms with Gasteiger partial charge in [-0.2, -0.15) is 0 Å². The van der Waals surface area contributed by atoms with Crippen molar-refractivity contribution < 1.29 is 4.79 Å². The van der Waals surface area contributed by atoms with Crippen molar-refractivity contribution in [2.24, 2.45) is 4.99 Å². The molecule has 9 heteroatoms. The fourth-order valence-corrected chi connectivity index (χ4v) is 2.88. The number of hydrogen-bond acceptors (Lipinski definition) is 4. The van der Waals surface area contributed by atoms with E-state index in [-0.39, 0.29) is 18.5 Å². The van der Waals surface area contributed by atoms with E-state index in [0.29, 0.717) is 24.1 Å². The van der Waals surface area contributed by atoms with Gasteiger partial charge in [-0.25, -0.2) is 4.99 Å². The average molecular weight is 406 g/mol. The molecule has 28 heavy (non-hydrogen) atoms. The third-order valence-electron chi connectivity index (χ3n) is 4.25. The number of benzene rings is 1. The van der Waals surface area contributed by atoms with Crippen molar-refractivity contribution in [3.8, 4) is 0 Å². The smallest absolute Gasteiger partial charge is 0.243 e. The van der Waals surface area contributed by atoms with Crippen LogP contribution in [0.3, 0.4) is 0 Å². The minimum absolute atomic E-state index is 0.0599. The first-order valence-electron chi connectivity index (χ1n) is 9.28. The molecule has 0 aliphatic carbocycles. The van der Waals surface area contributed by atoms with Gasteiger partial charge < -0.3 is 20.1 Å². The second-order valence-corrected chi connectivity index (χ2v) is 6.97. The van der Waals surface area contributed by atoms with E-state index in [9.17, 15) is 4.79 Å². The minimum atomic E-state index is -0.0736. The van der Waals surface area contributed by atoms with Crippen molar-refractivity contribution in [2.75, 3.05) is 27.2 Å². The zero-order valence-corrected chi connectivity index (χ0v) is 17.6. The molecule has 0 fully saturated rings. The Labute approximate surface area is 171 Å². The van der Waals surface area contributed by atoms with Crippen LogP contribution in [0.15, 0.2) is 35.6 Å². The summed E-state index contributed by atoms with van der Waals surface area (Å²) in [5.41, 5.74) is 0.963. The Bertz CT molecular complexity index is 803. The Morgan fingerprint density at radius 2 is 2.11 bits per heavy atom. The minimum Gasteiger partial charge on any atom is -0.355 e. The second kappa shape index (κ2) is 10.7. The zero-order chi connectivity index (χ0) is 20.5. The summed E-state index contributed by atoms with van der Waals surface area (Å²) >= 11 is 6.30. The number of nitrogens with one attached hydrogen (secondary N) is 2. The molecule has 0 spiro atoms. The molecule has 0 aliphatic heterocycles.